The van der Waals surface area contributed by atoms with Gasteiger partial charge in [-0.2, -0.15) is 0 Å². The lowest BCUT2D eigenvalue weighted by Crippen LogP contribution is -2.38. The van der Waals surface area contributed by atoms with Gasteiger partial charge in [-0.25, -0.2) is 0 Å². The Labute approximate surface area is 751 Å². The van der Waals surface area contributed by atoms with Gasteiger partial charge in [0, 0.05) is 78.7 Å². The second-order valence-corrected chi connectivity index (χ2v) is 37.0. The van der Waals surface area contributed by atoms with E-state index in [1.165, 1.54) is 43.3 Å². The highest BCUT2D eigenvalue weighted by molar-refractivity contribution is 6.57. The van der Waals surface area contributed by atoms with Crippen LogP contribution in [0.3, 0.4) is 0 Å². The van der Waals surface area contributed by atoms with Gasteiger partial charge >= 0.3 is 5.97 Å². The maximum absolute atomic E-state index is 12.8. The number of methoxy groups -OCH3 is 1. The second-order valence-electron chi connectivity index (χ2n) is 37.0. The number of fused-ring (bicyclic) bond motifs is 30. The van der Waals surface area contributed by atoms with E-state index in [2.05, 4.69) is 39.8 Å². The Morgan fingerprint density at radius 1 is 0.267 bits per heavy atom. The summed E-state index contributed by atoms with van der Waals surface area (Å²) in [4.78, 5) is 175. The number of hydrogen-bond donors (Lipinski definition) is 0. The number of ether oxygens (including phenoxy) is 1. The van der Waals surface area contributed by atoms with Crippen LogP contribution in [0.25, 0.3) is 89.5 Å². The maximum atomic E-state index is 12.8. The average molecular weight is 1750 g/mol. The van der Waals surface area contributed by atoms with Crippen molar-refractivity contribution < 1.29 is 98.4 Å². The van der Waals surface area contributed by atoms with Gasteiger partial charge in [-0.05, 0) is 254 Å². The molecule has 21 heteroatoms. The standard InChI is InChI=1S/C20H18O5.2C19H18O3.C18H12O3.C17H12O4.C17H10O3/c1-10-9-25-18-12-6-7-13-11(15(12)17(22)16(21)14(10)18)5-4-8-20(13,2)19(23)24-3;2*1-10-9-22-18-12-6-7-13-11(5-4-8-19(13,2)3)15(12)17(21)16(20)14(10)18;1-9-4-3-5-12-11(9)6-7-13-15(12)17(20)16(19)14-10(2)8-21-18(13)14;1-8-7-21-17-11-6-5-9-10(3-2-4-12(9)18)14(11)16(20)15(19)13(8)17;1-9-8-20-17-12-7-6-10-4-2-3-5-11(10)14(12)16(19)15(18)13(9)17/h6-7,9H,4-5,8H2,1-3H3;2*6-7,9H,4-5,8H2,1-3H3;3-8H,1-2H3;5-7H,2-4H2,1H3;2-8H,1H3. The van der Waals surface area contributed by atoms with Crippen molar-refractivity contribution >= 4 is 103 Å². The highest BCUT2D eigenvalue weighted by Crippen LogP contribution is 2.52. The Kier molecular flexibility index (Phi) is 20.6. The number of Topliss-reactive ketones (excluding diaryl/α,β-unsaturated/α-hetero) is 13. The summed E-state index contributed by atoms with van der Waals surface area (Å²) in [5.74, 6) is -2.79. The summed E-state index contributed by atoms with van der Waals surface area (Å²) >= 11 is 0. The molecule has 10 aliphatic rings. The summed E-state index contributed by atoms with van der Waals surface area (Å²) in [6, 6.07) is 36.2. The molecular weight excluding hydrogens is 1660 g/mol. The van der Waals surface area contributed by atoms with Gasteiger partial charge in [0.15, 0.2) is 5.78 Å². The van der Waals surface area contributed by atoms with Crippen molar-refractivity contribution in [1.29, 1.82) is 0 Å². The van der Waals surface area contributed by atoms with Crippen LogP contribution in [-0.2, 0) is 51.5 Å². The van der Waals surface area contributed by atoms with E-state index in [1.54, 1.807) is 72.3 Å². The lowest BCUT2D eigenvalue weighted by atomic mass is 9.68. The molecule has 6 heterocycles. The van der Waals surface area contributed by atoms with E-state index in [0.29, 0.717) is 189 Å². The van der Waals surface area contributed by atoms with Gasteiger partial charge < -0.3 is 31.2 Å². The predicted molar refractivity (Wildman–Crippen MR) is 487 cm³/mol. The van der Waals surface area contributed by atoms with Crippen LogP contribution in [0.2, 0.25) is 0 Å². The van der Waals surface area contributed by atoms with Crippen LogP contribution >= 0.6 is 0 Å². The number of benzene rings is 8. The first kappa shape index (κ1) is 85.6. The molecule has 131 heavy (non-hydrogen) atoms. The molecule has 14 aromatic rings. The average Bonchev–Trinajstić information content (AvgIpc) is 1.71. The summed E-state index contributed by atoms with van der Waals surface area (Å²) in [5.41, 5.74) is 21.4. The minimum atomic E-state index is -0.806. The zero-order chi connectivity index (χ0) is 92.5. The van der Waals surface area contributed by atoms with Crippen molar-refractivity contribution in [2.75, 3.05) is 7.11 Å². The highest BCUT2D eigenvalue weighted by atomic mass is 16.5. The first-order valence-electron chi connectivity index (χ1n) is 44.0. The second kappa shape index (κ2) is 31.5. The molecular formula is C110H88O21. The molecule has 1 unspecified atom stereocenters. The van der Waals surface area contributed by atoms with Crippen LogP contribution in [0.5, 0.6) is 0 Å². The molecule has 0 aliphatic heterocycles. The lowest BCUT2D eigenvalue weighted by Gasteiger charge is -2.35. The molecule has 0 N–H and O–H groups in total. The fourth-order valence-electron chi connectivity index (χ4n) is 21.5. The molecule has 6 aromatic heterocycles. The van der Waals surface area contributed by atoms with E-state index in [-0.39, 0.29) is 34.1 Å². The van der Waals surface area contributed by atoms with Crippen molar-refractivity contribution in [3.05, 3.63) is 303 Å². The number of rotatable bonds is 1. The predicted octanol–water partition coefficient (Wildman–Crippen LogP) is 22.9. The van der Waals surface area contributed by atoms with Crippen LogP contribution in [0.1, 0.15) is 299 Å². The largest absolute Gasteiger partial charge is 0.468 e. The van der Waals surface area contributed by atoms with Gasteiger partial charge in [0.05, 0.1) is 83.5 Å². The quantitative estimate of drug-likeness (QED) is 0.109. The molecule has 24 rings (SSSR count). The fraction of sp³-hybridized carbons (Fsp3) is 0.255. The summed E-state index contributed by atoms with van der Waals surface area (Å²) in [6.45, 7) is 23.3. The third-order valence-corrected chi connectivity index (χ3v) is 28.1. The van der Waals surface area contributed by atoms with E-state index in [1.807, 2.05) is 98.8 Å². The van der Waals surface area contributed by atoms with Crippen molar-refractivity contribution in [2.45, 2.75) is 176 Å². The van der Waals surface area contributed by atoms with E-state index >= 15 is 0 Å². The number of ketones is 13. The summed E-state index contributed by atoms with van der Waals surface area (Å²) in [6.07, 6.45) is 19.1. The van der Waals surface area contributed by atoms with Crippen molar-refractivity contribution in [3.63, 3.8) is 0 Å². The monoisotopic (exact) mass is 1740 g/mol. The third kappa shape index (κ3) is 13.1. The number of carbonyl (C=O) groups is 14. The molecule has 0 saturated carbocycles. The van der Waals surface area contributed by atoms with E-state index in [0.717, 1.165) is 117 Å². The molecule has 0 fully saturated rings. The van der Waals surface area contributed by atoms with Crippen LogP contribution in [0.15, 0.2) is 179 Å². The van der Waals surface area contributed by atoms with Gasteiger partial charge in [0.1, 0.15) is 34.6 Å². The Balaban J connectivity index is 0.000000102. The van der Waals surface area contributed by atoms with Gasteiger partial charge in [0.2, 0.25) is 69.4 Å². The molecule has 0 saturated heterocycles. The number of carbonyl (C=O) groups excluding carboxylic acids is 14. The summed E-state index contributed by atoms with van der Waals surface area (Å²) < 4.78 is 38.3. The van der Waals surface area contributed by atoms with Crippen molar-refractivity contribution in [3.8, 4) is 67.9 Å². The van der Waals surface area contributed by atoms with E-state index in [4.69, 9.17) is 31.2 Å². The first-order valence-corrected chi connectivity index (χ1v) is 44.0. The maximum Gasteiger partial charge on any atom is 0.316 e. The normalized spacial score (nSPS) is 17.2. The van der Waals surface area contributed by atoms with Crippen LogP contribution in [0, 0.1) is 48.5 Å². The van der Waals surface area contributed by atoms with Crippen molar-refractivity contribution in [2.24, 2.45) is 0 Å². The lowest BCUT2D eigenvalue weighted by molar-refractivity contribution is -0.147. The Morgan fingerprint density at radius 3 is 0.969 bits per heavy atom. The number of furan rings is 6. The van der Waals surface area contributed by atoms with Gasteiger partial charge in [0.25, 0.3) is 0 Å². The zero-order valence-electron chi connectivity index (χ0n) is 74.5. The number of esters is 1. The molecule has 0 spiro atoms. The molecule has 10 aliphatic carbocycles. The molecule has 0 amide bonds. The first-order chi connectivity index (χ1) is 62.6. The minimum Gasteiger partial charge on any atom is -0.468 e. The summed E-state index contributed by atoms with van der Waals surface area (Å²) in [5, 5.41) is 3.54. The Hall–Kier alpha value is -14.9. The molecule has 21 nitrogen and oxygen atoms in total. The molecule has 8 aromatic carbocycles. The summed E-state index contributed by atoms with van der Waals surface area (Å²) in [7, 11) is 1.37. The van der Waals surface area contributed by atoms with E-state index < -0.39 is 63.2 Å². The minimum absolute atomic E-state index is 0.0423. The molecule has 654 valence electrons. The Bertz CT molecular complexity index is 7460. The SMILES string of the molecule is COC(=O)C1(C)CCCc2c1ccc1c2C(=O)C(=O)c2c(C)coc2-1.Cc1coc2c1C(=O)C(=O)c1c-2ccc2c(C)cccc12.Cc1coc2c1C(=O)C(=O)c1c-2ccc2c1CCCC2(C)C.Cc1coc2c1C(=O)C(=O)c1c-2ccc2c1CCCC2(C)C.Cc1coc2c1C(=O)C(=O)c1c-2ccc2c1CCCC2=O.Cc1coc2c1C(=O)C(=O)c1c-2ccc2ccccc12. The molecule has 0 radical (unpaired) electrons. The van der Waals surface area contributed by atoms with Gasteiger partial charge in [-0.15, -0.1) is 0 Å². The van der Waals surface area contributed by atoms with Crippen LogP contribution in [-0.4, -0.2) is 88.3 Å². The van der Waals surface area contributed by atoms with Crippen LogP contribution < -0.4 is 0 Å². The fourth-order valence-corrected chi connectivity index (χ4v) is 21.5. The molecule has 1 atom stereocenters. The number of hydrogen-bond acceptors (Lipinski definition) is 21. The van der Waals surface area contributed by atoms with Crippen LogP contribution in [0.4, 0.5) is 0 Å². The van der Waals surface area contributed by atoms with Crippen molar-refractivity contribution in [1.82, 2.24) is 0 Å². The zero-order valence-corrected chi connectivity index (χ0v) is 74.5. The third-order valence-electron chi connectivity index (χ3n) is 28.1. The van der Waals surface area contributed by atoms with E-state index in [9.17, 15) is 67.1 Å². The highest BCUT2D eigenvalue weighted by Gasteiger charge is 2.48. The van der Waals surface area contributed by atoms with Gasteiger partial charge in [-0.3, -0.25) is 67.1 Å². The van der Waals surface area contributed by atoms with Gasteiger partial charge in [-0.1, -0.05) is 125 Å². The topological polar surface area (TPSA) is 327 Å². The number of aryl methyl sites for hydroxylation is 7. The smallest absolute Gasteiger partial charge is 0.316 e. The Morgan fingerprint density at radius 2 is 0.565 bits per heavy atom. The molecule has 0 bridgehead atoms.